The van der Waals surface area contributed by atoms with E-state index in [2.05, 4.69) is 39.2 Å². The molecule has 35 heavy (non-hydrogen) atoms. The fourth-order valence-electron chi connectivity index (χ4n) is 3.22. The molecule has 1 amide bonds. The SMILES string of the molecule is COC(=O)/C(=C/c1ccc(O[Si](C)(C)C(C)(C)C)c2ccccc12)NC(=O)OCc1ccccc1. The number of rotatable bonds is 7. The molecule has 0 bridgehead atoms. The molecule has 7 heteroatoms. The summed E-state index contributed by atoms with van der Waals surface area (Å²) >= 11 is 0. The third kappa shape index (κ3) is 6.51. The summed E-state index contributed by atoms with van der Waals surface area (Å²) in [6, 6.07) is 20.9. The Morgan fingerprint density at radius 1 is 0.914 bits per heavy atom. The topological polar surface area (TPSA) is 73.9 Å². The zero-order valence-electron chi connectivity index (χ0n) is 21.2. The lowest BCUT2D eigenvalue weighted by Crippen LogP contribution is -2.43. The van der Waals surface area contributed by atoms with Crippen molar-refractivity contribution in [1.29, 1.82) is 0 Å². The molecule has 0 unspecified atom stereocenters. The van der Waals surface area contributed by atoms with Gasteiger partial charge in [0.05, 0.1) is 7.11 Å². The first kappa shape index (κ1) is 26.0. The van der Waals surface area contributed by atoms with Crippen LogP contribution in [0, 0.1) is 0 Å². The van der Waals surface area contributed by atoms with Gasteiger partial charge >= 0.3 is 12.1 Å². The van der Waals surface area contributed by atoms with Crippen LogP contribution in [-0.2, 0) is 20.9 Å². The number of benzene rings is 3. The highest BCUT2D eigenvalue weighted by Crippen LogP contribution is 2.40. The van der Waals surface area contributed by atoms with Crippen molar-refractivity contribution in [3.63, 3.8) is 0 Å². The summed E-state index contributed by atoms with van der Waals surface area (Å²) in [4.78, 5) is 24.9. The second-order valence-electron chi connectivity index (χ2n) is 9.80. The zero-order chi connectivity index (χ0) is 25.6. The molecule has 0 atom stereocenters. The second-order valence-corrected chi connectivity index (χ2v) is 14.5. The molecule has 0 aromatic heterocycles. The number of ether oxygens (including phenoxy) is 2. The van der Waals surface area contributed by atoms with Crippen LogP contribution >= 0.6 is 0 Å². The average molecular weight is 492 g/mol. The van der Waals surface area contributed by atoms with Gasteiger partial charge < -0.3 is 13.9 Å². The van der Waals surface area contributed by atoms with Gasteiger partial charge in [-0.05, 0) is 46.8 Å². The minimum Gasteiger partial charge on any atom is -0.543 e. The van der Waals surface area contributed by atoms with E-state index in [9.17, 15) is 9.59 Å². The molecule has 0 aliphatic heterocycles. The van der Waals surface area contributed by atoms with Crippen molar-refractivity contribution in [2.45, 2.75) is 45.5 Å². The molecular weight excluding hydrogens is 458 g/mol. The highest BCUT2D eigenvalue weighted by atomic mass is 28.4. The van der Waals surface area contributed by atoms with Crippen LogP contribution in [0.25, 0.3) is 16.8 Å². The monoisotopic (exact) mass is 491 g/mol. The highest BCUT2D eigenvalue weighted by molar-refractivity contribution is 6.74. The predicted molar refractivity (Wildman–Crippen MR) is 142 cm³/mol. The van der Waals surface area contributed by atoms with Crippen LogP contribution in [0.4, 0.5) is 4.79 Å². The van der Waals surface area contributed by atoms with Gasteiger partial charge in [0.1, 0.15) is 18.1 Å². The van der Waals surface area contributed by atoms with Crippen molar-refractivity contribution < 1.29 is 23.5 Å². The van der Waals surface area contributed by atoms with Gasteiger partial charge in [-0.3, -0.25) is 5.32 Å². The predicted octanol–water partition coefficient (Wildman–Crippen LogP) is 6.66. The van der Waals surface area contributed by atoms with Gasteiger partial charge in [0.2, 0.25) is 0 Å². The number of hydrogen-bond donors (Lipinski definition) is 1. The minimum atomic E-state index is -2.06. The molecule has 0 heterocycles. The lowest BCUT2D eigenvalue weighted by Gasteiger charge is -2.36. The van der Waals surface area contributed by atoms with Crippen LogP contribution in [0.5, 0.6) is 5.75 Å². The molecule has 1 N–H and O–H groups in total. The first-order valence-electron chi connectivity index (χ1n) is 11.5. The van der Waals surface area contributed by atoms with Gasteiger partial charge in [-0.1, -0.05) is 81.4 Å². The van der Waals surface area contributed by atoms with Crippen LogP contribution in [0.15, 0.2) is 72.4 Å². The van der Waals surface area contributed by atoms with E-state index in [1.54, 1.807) is 6.08 Å². The molecule has 6 nitrogen and oxygen atoms in total. The van der Waals surface area contributed by atoms with E-state index in [-0.39, 0.29) is 17.3 Å². The molecule has 0 fully saturated rings. The summed E-state index contributed by atoms with van der Waals surface area (Å²) in [6.45, 7) is 11.1. The first-order chi connectivity index (χ1) is 16.5. The van der Waals surface area contributed by atoms with Crippen molar-refractivity contribution in [3.05, 3.63) is 83.6 Å². The molecule has 0 aliphatic carbocycles. The van der Waals surface area contributed by atoms with Crippen molar-refractivity contribution in [2.75, 3.05) is 7.11 Å². The van der Waals surface area contributed by atoms with Gasteiger partial charge in [-0.15, -0.1) is 0 Å². The quantitative estimate of drug-likeness (QED) is 0.227. The summed E-state index contributed by atoms with van der Waals surface area (Å²) in [5, 5.41) is 4.40. The lowest BCUT2D eigenvalue weighted by molar-refractivity contribution is -0.136. The molecule has 0 aliphatic rings. The van der Waals surface area contributed by atoms with Crippen LogP contribution in [0.1, 0.15) is 31.9 Å². The van der Waals surface area contributed by atoms with E-state index < -0.39 is 20.4 Å². The molecular formula is C28H33NO5Si. The molecule has 0 saturated carbocycles. The fraction of sp³-hybridized carbons (Fsp3) is 0.286. The van der Waals surface area contributed by atoms with E-state index >= 15 is 0 Å². The Morgan fingerprint density at radius 3 is 2.17 bits per heavy atom. The zero-order valence-corrected chi connectivity index (χ0v) is 22.2. The number of esters is 1. The molecule has 3 rings (SSSR count). The molecule has 0 saturated heterocycles. The van der Waals surface area contributed by atoms with Gasteiger partial charge in [0, 0.05) is 5.39 Å². The highest BCUT2D eigenvalue weighted by Gasteiger charge is 2.39. The number of alkyl carbamates (subject to hydrolysis) is 1. The van der Waals surface area contributed by atoms with Crippen molar-refractivity contribution in [3.8, 4) is 5.75 Å². The summed E-state index contributed by atoms with van der Waals surface area (Å²) in [7, 11) is -0.793. The van der Waals surface area contributed by atoms with Crippen LogP contribution < -0.4 is 9.74 Å². The normalized spacial score (nSPS) is 12.2. The summed E-state index contributed by atoms with van der Waals surface area (Å²) < 4.78 is 16.7. The largest absolute Gasteiger partial charge is 0.543 e. The summed E-state index contributed by atoms with van der Waals surface area (Å²) in [5.41, 5.74) is 1.57. The third-order valence-corrected chi connectivity index (χ3v) is 10.6. The summed E-state index contributed by atoms with van der Waals surface area (Å²) in [5.74, 6) is 0.131. The van der Waals surface area contributed by atoms with Crippen molar-refractivity contribution in [2.24, 2.45) is 0 Å². The first-order valence-corrected chi connectivity index (χ1v) is 14.4. The van der Waals surface area contributed by atoms with Gasteiger partial charge in [0.15, 0.2) is 0 Å². The van der Waals surface area contributed by atoms with Gasteiger partial charge in [-0.2, -0.15) is 0 Å². The number of hydrogen-bond acceptors (Lipinski definition) is 5. The molecule has 3 aromatic rings. The van der Waals surface area contributed by atoms with E-state index in [0.29, 0.717) is 0 Å². The maximum absolute atomic E-state index is 12.4. The third-order valence-electron chi connectivity index (χ3n) is 6.24. The molecule has 0 spiro atoms. The van der Waals surface area contributed by atoms with Crippen LogP contribution in [0.2, 0.25) is 18.1 Å². The Kier molecular flexibility index (Phi) is 8.02. The second kappa shape index (κ2) is 10.8. The maximum Gasteiger partial charge on any atom is 0.412 e. The minimum absolute atomic E-state index is 0.0196. The average Bonchev–Trinajstić information content (AvgIpc) is 2.83. The van der Waals surface area contributed by atoms with E-state index in [1.165, 1.54) is 7.11 Å². The van der Waals surface area contributed by atoms with Crippen molar-refractivity contribution >= 4 is 37.2 Å². The number of carbonyl (C=O) groups is 2. The van der Waals surface area contributed by atoms with E-state index in [1.807, 2.05) is 66.7 Å². The number of nitrogens with one attached hydrogen (secondary N) is 1. The number of fused-ring (bicyclic) bond motifs is 1. The standard InChI is InChI=1S/C28H33NO5Si/c1-28(2,3)35(5,6)34-25-17-16-21(22-14-10-11-15-23(22)25)18-24(26(30)32-4)29-27(31)33-19-20-12-8-7-9-13-20/h7-18H,19H2,1-6H3,(H,29,31)/b24-18-. The lowest BCUT2D eigenvalue weighted by atomic mass is 10.0. The molecule has 0 radical (unpaired) electrons. The van der Waals surface area contributed by atoms with Crippen LogP contribution in [0.3, 0.4) is 0 Å². The van der Waals surface area contributed by atoms with Crippen molar-refractivity contribution in [1.82, 2.24) is 5.32 Å². The van der Waals surface area contributed by atoms with Gasteiger partial charge in [-0.25, -0.2) is 9.59 Å². The number of amides is 1. The number of methoxy groups -OCH3 is 1. The Labute approximate surface area is 208 Å². The smallest absolute Gasteiger partial charge is 0.412 e. The number of carbonyl (C=O) groups excluding carboxylic acids is 2. The maximum atomic E-state index is 12.4. The Hall–Kier alpha value is -3.58. The Morgan fingerprint density at radius 2 is 1.54 bits per heavy atom. The Bertz CT molecular complexity index is 1230. The van der Waals surface area contributed by atoms with E-state index in [4.69, 9.17) is 13.9 Å². The molecule has 3 aromatic carbocycles. The van der Waals surface area contributed by atoms with Crippen LogP contribution in [-0.4, -0.2) is 27.5 Å². The fourth-order valence-corrected chi connectivity index (χ4v) is 4.25. The van der Waals surface area contributed by atoms with E-state index in [0.717, 1.165) is 27.6 Å². The Balaban J connectivity index is 1.91. The molecule has 184 valence electrons. The van der Waals surface area contributed by atoms with Gasteiger partial charge in [0.25, 0.3) is 8.32 Å². The summed E-state index contributed by atoms with van der Waals surface area (Å²) in [6.07, 6.45) is 0.848.